The van der Waals surface area contributed by atoms with Crippen molar-refractivity contribution in [3.8, 4) is 0 Å². The minimum atomic E-state index is -0.228. The van der Waals surface area contributed by atoms with E-state index in [4.69, 9.17) is 0 Å². The Morgan fingerprint density at radius 2 is 2.41 bits per heavy atom. The fourth-order valence-corrected chi connectivity index (χ4v) is 2.16. The summed E-state index contributed by atoms with van der Waals surface area (Å²) in [7, 11) is 1.38. The zero-order valence-corrected chi connectivity index (χ0v) is 10.2. The highest BCUT2D eigenvalue weighted by atomic mass is 32.2. The number of carbonyl (C=O) groups is 1. The first-order chi connectivity index (χ1) is 8.19. The summed E-state index contributed by atoms with van der Waals surface area (Å²) in [5.74, 6) is -0.228. The van der Waals surface area contributed by atoms with E-state index in [1.54, 1.807) is 6.07 Å². The van der Waals surface area contributed by atoms with Crippen molar-refractivity contribution in [3.63, 3.8) is 0 Å². The van der Waals surface area contributed by atoms with Crippen LogP contribution in [0.3, 0.4) is 0 Å². The van der Waals surface area contributed by atoms with Gasteiger partial charge in [0.2, 0.25) is 0 Å². The van der Waals surface area contributed by atoms with Gasteiger partial charge in [-0.2, -0.15) is 0 Å². The first-order valence-corrected chi connectivity index (χ1v) is 5.86. The molecule has 1 atom stereocenters. The predicted molar refractivity (Wildman–Crippen MR) is 60.5 cm³/mol. The second kappa shape index (κ2) is 5.09. The van der Waals surface area contributed by atoms with E-state index in [1.807, 2.05) is 13.0 Å². The normalized spacial score (nSPS) is 12.6. The van der Waals surface area contributed by atoms with E-state index in [0.717, 1.165) is 5.03 Å². The summed E-state index contributed by atoms with van der Waals surface area (Å²) in [5, 5.41) is 16.0. The van der Waals surface area contributed by atoms with Crippen molar-refractivity contribution in [1.82, 2.24) is 25.3 Å². The summed E-state index contributed by atoms with van der Waals surface area (Å²) in [6.45, 7) is 1.94. The molecule has 90 valence electrons. The van der Waals surface area contributed by atoms with Gasteiger partial charge in [-0.05, 0) is 22.6 Å². The van der Waals surface area contributed by atoms with Crippen molar-refractivity contribution in [1.29, 1.82) is 0 Å². The third kappa shape index (κ3) is 2.90. The maximum absolute atomic E-state index is 11.1. The molecule has 0 spiro atoms. The van der Waals surface area contributed by atoms with Gasteiger partial charge in [0.05, 0.1) is 13.5 Å². The molecule has 0 bridgehead atoms. The number of methoxy groups -OCH3 is 1. The minimum Gasteiger partial charge on any atom is -0.469 e. The number of ether oxygens (including phenoxy) is 1. The molecule has 1 unspecified atom stereocenters. The molecule has 0 aromatic carbocycles. The second-order valence-corrected chi connectivity index (χ2v) is 4.87. The molecule has 2 rings (SSSR count). The highest BCUT2D eigenvalue weighted by Crippen LogP contribution is 2.23. The molecule has 2 aromatic rings. The third-order valence-electron chi connectivity index (χ3n) is 2.05. The molecule has 0 radical (unpaired) electrons. The van der Waals surface area contributed by atoms with Crippen molar-refractivity contribution in [2.24, 2.45) is 0 Å². The molecule has 0 aliphatic heterocycles. The van der Waals surface area contributed by atoms with Crippen molar-refractivity contribution >= 4 is 23.4 Å². The summed E-state index contributed by atoms with van der Waals surface area (Å²) >= 11 is 1.48. The van der Waals surface area contributed by atoms with Crippen LogP contribution in [0, 0.1) is 0 Å². The highest BCUT2D eigenvalue weighted by molar-refractivity contribution is 7.99. The minimum absolute atomic E-state index is 0.0869. The maximum atomic E-state index is 11.1. The molecule has 0 aliphatic rings. The fraction of sp³-hybridized carbons (Fsp3) is 0.444. The number of carbonyl (C=O) groups excluding carboxylic acids is 1. The molecule has 0 amide bonds. The zero-order valence-electron chi connectivity index (χ0n) is 9.40. The van der Waals surface area contributed by atoms with Gasteiger partial charge in [0.15, 0.2) is 5.65 Å². The number of fused-ring (bicyclic) bond motifs is 1. The summed E-state index contributed by atoms with van der Waals surface area (Å²) < 4.78 is 5.96. The lowest BCUT2D eigenvalue weighted by molar-refractivity contribution is -0.140. The number of thioether (sulfide) groups is 1. The smallest absolute Gasteiger partial charge is 0.306 e. The Labute approximate surface area is 102 Å². The van der Waals surface area contributed by atoms with E-state index in [-0.39, 0.29) is 11.2 Å². The van der Waals surface area contributed by atoms with E-state index < -0.39 is 0 Å². The molecule has 0 saturated carbocycles. The average Bonchev–Trinajstić information content (AvgIpc) is 2.75. The van der Waals surface area contributed by atoms with E-state index >= 15 is 0 Å². The highest BCUT2D eigenvalue weighted by Gasteiger charge is 2.12. The molecule has 17 heavy (non-hydrogen) atoms. The zero-order chi connectivity index (χ0) is 12.3. The van der Waals surface area contributed by atoms with E-state index in [0.29, 0.717) is 12.1 Å². The van der Waals surface area contributed by atoms with Crippen molar-refractivity contribution in [3.05, 3.63) is 12.1 Å². The third-order valence-corrected chi connectivity index (χ3v) is 3.08. The number of tetrazole rings is 1. The van der Waals surface area contributed by atoms with Crippen LogP contribution in [0.4, 0.5) is 0 Å². The van der Waals surface area contributed by atoms with Crippen LogP contribution in [-0.2, 0) is 9.53 Å². The van der Waals surface area contributed by atoms with Gasteiger partial charge in [0, 0.05) is 5.25 Å². The molecule has 0 saturated heterocycles. The second-order valence-electron chi connectivity index (χ2n) is 3.41. The molecule has 7 nitrogen and oxygen atoms in total. The Bertz CT molecular complexity index is 529. The van der Waals surface area contributed by atoms with Crippen LogP contribution in [0.2, 0.25) is 0 Å². The van der Waals surface area contributed by atoms with Crippen LogP contribution in [0.15, 0.2) is 17.2 Å². The molecular formula is C9H11N5O2S. The monoisotopic (exact) mass is 253 g/mol. The Morgan fingerprint density at radius 3 is 3.18 bits per heavy atom. The Hall–Kier alpha value is -1.70. The standard InChI is InChI=1S/C9H11N5O2S/c1-6(5-9(15)16-2)17-8-4-3-7-10-12-13-14(7)11-8/h3-4,6H,5H2,1-2H3. The van der Waals surface area contributed by atoms with Crippen molar-refractivity contribution in [2.45, 2.75) is 23.6 Å². The van der Waals surface area contributed by atoms with Gasteiger partial charge in [0.1, 0.15) is 5.03 Å². The molecule has 0 fully saturated rings. The van der Waals surface area contributed by atoms with Crippen LogP contribution in [0.5, 0.6) is 0 Å². The SMILES string of the molecule is COC(=O)CC(C)Sc1ccc2nnnn2n1. The number of aromatic nitrogens is 5. The Balaban J connectivity index is 2.04. The van der Waals surface area contributed by atoms with Crippen molar-refractivity contribution < 1.29 is 9.53 Å². The van der Waals surface area contributed by atoms with Crippen LogP contribution in [0.25, 0.3) is 5.65 Å². The lowest BCUT2D eigenvalue weighted by Crippen LogP contribution is -2.09. The van der Waals surface area contributed by atoms with Crippen LogP contribution in [-0.4, -0.2) is 43.6 Å². The molecular weight excluding hydrogens is 242 g/mol. The Kier molecular flexibility index (Phi) is 3.52. The number of hydrogen-bond acceptors (Lipinski definition) is 7. The first kappa shape index (κ1) is 11.8. The summed E-state index contributed by atoms with van der Waals surface area (Å²) in [4.78, 5) is 11.1. The van der Waals surface area contributed by atoms with Gasteiger partial charge in [-0.1, -0.05) is 6.92 Å². The molecule has 0 N–H and O–H groups in total. The molecule has 2 aromatic heterocycles. The fourth-order valence-electron chi connectivity index (χ4n) is 1.26. The van der Waals surface area contributed by atoms with Crippen molar-refractivity contribution in [2.75, 3.05) is 7.11 Å². The van der Waals surface area contributed by atoms with Crippen LogP contribution in [0.1, 0.15) is 13.3 Å². The van der Waals surface area contributed by atoms with Crippen LogP contribution >= 0.6 is 11.8 Å². The number of nitrogens with zero attached hydrogens (tertiary/aromatic N) is 5. The maximum Gasteiger partial charge on any atom is 0.306 e. The molecule has 8 heteroatoms. The largest absolute Gasteiger partial charge is 0.469 e. The van der Waals surface area contributed by atoms with Gasteiger partial charge in [-0.25, -0.2) is 0 Å². The Morgan fingerprint density at radius 1 is 1.59 bits per heavy atom. The summed E-state index contributed by atoms with van der Waals surface area (Å²) in [6.07, 6.45) is 0.344. The molecule has 2 heterocycles. The first-order valence-electron chi connectivity index (χ1n) is 4.98. The molecule has 0 aliphatic carbocycles. The van der Waals surface area contributed by atoms with E-state index in [9.17, 15) is 4.79 Å². The number of rotatable bonds is 4. The quantitative estimate of drug-likeness (QED) is 0.581. The average molecular weight is 253 g/mol. The lowest BCUT2D eigenvalue weighted by Gasteiger charge is -2.08. The van der Waals surface area contributed by atoms with Gasteiger partial charge >= 0.3 is 5.97 Å². The van der Waals surface area contributed by atoms with E-state index in [2.05, 4.69) is 25.4 Å². The number of esters is 1. The van der Waals surface area contributed by atoms with Gasteiger partial charge in [0.25, 0.3) is 0 Å². The number of hydrogen-bond donors (Lipinski definition) is 0. The van der Waals surface area contributed by atoms with Gasteiger partial charge in [-0.3, -0.25) is 4.79 Å². The van der Waals surface area contributed by atoms with Crippen LogP contribution < -0.4 is 0 Å². The topological polar surface area (TPSA) is 82.3 Å². The van der Waals surface area contributed by atoms with E-state index in [1.165, 1.54) is 23.5 Å². The predicted octanol–water partition coefficient (Wildman–Crippen LogP) is 0.563. The summed E-state index contributed by atoms with van der Waals surface area (Å²) in [6, 6.07) is 3.60. The summed E-state index contributed by atoms with van der Waals surface area (Å²) in [5.41, 5.74) is 0.593. The van der Waals surface area contributed by atoms with Gasteiger partial charge < -0.3 is 4.74 Å². The van der Waals surface area contributed by atoms with Gasteiger partial charge in [-0.15, -0.1) is 26.6 Å². The lowest BCUT2D eigenvalue weighted by atomic mass is 10.3.